The Hall–Kier alpha value is -2.48. The summed E-state index contributed by atoms with van der Waals surface area (Å²) in [6.45, 7) is 0.591. The number of hydrogen-bond acceptors (Lipinski definition) is 4. The molecule has 1 fully saturated rings. The van der Waals surface area contributed by atoms with Crippen molar-refractivity contribution in [1.29, 1.82) is 0 Å². The Labute approximate surface area is 141 Å². The van der Waals surface area contributed by atoms with Crippen LogP contribution in [-0.4, -0.2) is 50.0 Å². The molecule has 126 valence electrons. The fourth-order valence-corrected chi connectivity index (χ4v) is 2.84. The molecule has 9 heteroatoms. The molecule has 24 heavy (non-hydrogen) atoms. The summed E-state index contributed by atoms with van der Waals surface area (Å²) < 4.78 is 15.1. The van der Waals surface area contributed by atoms with Crippen molar-refractivity contribution in [2.24, 2.45) is 5.92 Å². The number of carboxylic acids is 1. The Morgan fingerprint density at radius 2 is 2.17 bits per heavy atom. The second-order valence-corrected chi connectivity index (χ2v) is 5.96. The summed E-state index contributed by atoms with van der Waals surface area (Å²) >= 11 is 5.73. The van der Waals surface area contributed by atoms with Gasteiger partial charge in [-0.3, -0.25) is 9.59 Å². The zero-order valence-corrected chi connectivity index (χ0v) is 13.3. The van der Waals surface area contributed by atoms with Gasteiger partial charge in [0.2, 0.25) is 0 Å². The quantitative estimate of drug-likeness (QED) is 0.912. The van der Waals surface area contributed by atoms with Crippen LogP contribution in [0.25, 0.3) is 5.69 Å². The zero-order valence-electron chi connectivity index (χ0n) is 12.5. The summed E-state index contributed by atoms with van der Waals surface area (Å²) in [6, 6.07) is 4.43. The summed E-state index contributed by atoms with van der Waals surface area (Å²) in [7, 11) is 0. The first-order valence-electron chi connectivity index (χ1n) is 7.36. The Balaban J connectivity index is 1.81. The third kappa shape index (κ3) is 3.09. The van der Waals surface area contributed by atoms with Crippen LogP contribution in [0.1, 0.15) is 23.3 Å². The van der Waals surface area contributed by atoms with Crippen molar-refractivity contribution >= 4 is 23.5 Å². The van der Waals surface area contributed by atoms with Gasteiger partial charge in [0.1, 0.15) is 5.69 Å². The lowest BCUT2D eigenvalue weighted by molar-refractivity contribution is -0.143. The van der Waals surface area contributed by atoms with Crippen LogP contribution >= 0.6 is 11.6 Å². The van der Waals surface area contributed by atoms with Crippen molar-refractivity contribution in [2.75, 3.05) is 13.1 Å². The smallest absolute Gasteiger partial charge is 0.308 e. The van der Waals surface area contributed by atoms with Crippen molar-refractivity contribution in [3.63, 3.8) is 0 Å². The van der Waals surface area contributed by atoms with Gasteiger partial charge in [-0.05, 0) is 25.0 Å². The van der Waals surface area contributed by atoms with Gasteiger partial charge in [0.15, 0.2) is 11.5 Å². The molecule has 0 saturated carbocycles. The van der Waals surface area contributed by atoms with Crippen molar-refractivity contribution in [1.82, 2.24) is 19.9 Å². The minimum Gasteiger partial charge on any atom is -0.481 e. The molecule has 1 aromatic heterocycles. The van der Waals surface area contributed by atoms with Gasteiger partial charge in [-0.25, -0.2) is 9.07 Å². The van der Waals surface area contributed by atoms with E-state index in [1.54, 1.807) is 6.07 Å². The maximum Gasteiger partial charge on any atom is 0.308 e. The second kappa shape index (κ2) is 6.56. The molecule has 0 aliphatic carbocycles. The van der Waals surface area contributed by atoms with E-state index < -0.39 is 23.6 Å². The molecule has 0 radical (unpaired) electrons. The van der Waals surface area contributed by atoms with E-state index in [1.807, 2.05) is 0 Å². The van der Waals surface area contributed by atoms with Gasteiger partial charge in [0.25, 0.3) is 5.91 Å². The molecule has 3 rings (SSSR count). The summed E-state index contributed by atoms with van der Waals surface area (Å²) in [5.41, 5.74) is 0.108. The van der Waals surface area contributed by atoms with Gasteiger partial charge >= 0.3 is 5.97 Å². The standard InChI is InChI=1S/C15H14ClFN4O3/c16-10-4-1-5-12(13(10)17)21-8-11(18-19-21)14(22)20-6-2-3-9(7-20)15(23)24/h1,4-5,8-9H,2-3,6-7H2,(H,23,24). The SMILES string of the molecule is O=C(O)C1CCCN(C(=O)c2cn(-c3cccc(Cl)c3F)nn2)C1. The summed E-state index contributed by atoms with van der Waals surface area (Å²) in [5, 5.41) is 16.6. The van der Waals surface area contributed by atoms with E-state index >= 15 is 0 Å². The van der Waals surface area contributed by atoms with E-state index in [0.717, 1.165) is 4.68 Å². The molecule has 1 aliphatic heterocycles. The van der Waals surface area contributed by atoms with Crippen LogP contribution in [0.5, 0.6) is 0 Å². The van der Waals surface area contributed by atoms with E-state index in [-0.39, 0.29) is 22.9 Å². The van der Waals surface area contributed by atoms with Gasteiger partial charge in [-0.15, -0.1) is 5.10 Å². The van der Waals surface area contributed by atoms with E-state index in [4.69, 9.17) is 16.7 Å². The largest absolute Gasteiger partial charge is 0.481 e. The molecule has 1 saturated heterocycles. The maximum absolute atomic E-state index is 14.0. The number of amides is 1. The lowest BCUT2D eigenvalue weighted by Crippen LogP contribution is -2.42. The zero-order chi connectivity index (χ0) is 17.3. The van der Waals surface area contributed by atoms with Gasteiger partial charge in [0.05, 0.1) is 17.1 Å². The highest BCUT2D eigenvalue weighted by Gasteiger charge is 2.30. The normalized spacial score (nSPS) is 17.8. The fraction of sp³-hybridized carbons (Fsp3) is 0.333. The average molecular weight is 353 g/mol. The molecule has 1 aliphatic rings. The summed E-state index contributed by atoms with van der Waals surface area (Å²) in [4.78, 5) is 25.0. The number of piperidine rings is 1. The number of hydrogen-bond donors (Lipinski definition) is 1. The molecule has 1 aromatic carbocycles. The lowest BCUT2D eigenvalue weighted by Gasteiger charge is -2.29. The number of likely N-dealkylation sites (tertiary alicyclic amines) is 1. The number of carbonyl (C=O) groups excluding carboxylic acids is 1. The van der Waals surface area contributed by atoms with Crippen molar-refractivity contribution in [2.45, 2.75) is 12.8 Å². The fourth-order valence-electron chi connectivity index (χ4n) is 2.67. The monoisotopic (exact) mass is 352 g/mol. The highest BCUT2D eigenvalue weighted by Crippen LogP contribution is 2.22. The summed E-state index contributed by atoms with van der Waals surface area (Å²) in [5.74, 6) is -2.58. The Morgan fingerprint density at radius 3 is 2.92 bits per heavy atom. The van der Waals surface area contributed by atoms with Gasteiger partial charge in [-0.2, -0.15) is 0 Å². The lowest BCUT2D eigenvalue weighted by atomic mass is 9.98. The van der Waals surface area contributed by atoms with E-state index in [2.05, 4.69) is 10.3 Å². The predicted molar refractivity (Wildman–Crippen MR) is 82.6 cm³/mol. The molecular weight excluding hydrogens is 339 g/mol. The van der Waals surface area contributed by atoms with E-state index in [1.165, 1.54) is 23.2 Å². The molecule has 0 spiro atoms. The molecule has 2 heterocycles. The molecule has 0 bridgehead atoms. The Kier molecular flexibility index (Phi) is 4.48. The van der Waals surface area contributed by atoms with Crippen LogP contribution in [0, 0.1) is 11.7 Å². The number of halogens is 2. The molecule has 1 amide bonds. The predicted octanol–water partition coefficient (Wildman–Crippen LogP) is 2.00. The molecular formula is C15H14ClFN4O3. The van der Waals surface area contributed by atoms with Crippen molar-refractivity contribution < 1.29 is 19.1 Å². The third-order valence-electron chi connectivity index (χ3n) is 3.95. The number of aromatic nitrogens is 3. The Bertz CT molecular complexity index is 795. The number of carboxylic acid groups (broad SMARTS) is 1. The molecule has 1 N–H and O–H groups in total. The van der Waals surface area contributed by atoms with Crippen LogP contribution in [0.15, 0.2) is 24.4 Å². The van der Waals surface area contributed by atoms with Gasteiger partial charge in [0, 0.05) is 13.1 Å². The van der Waals surface area contributed by atoms with Crippen LogP contribution in [0.4, 0.5) is 4.39 Å². The number of nitrogens with zero attached hydrogens (tertiary/aromatic N) is 4. The summed E-state index contributed by atoms with van der Waals surface area (Å²) in [6.07, 6.45) is 2.46. The van der Waals surface area contributed by atoms with Crippen LogP contribution in [0.2, 0.25) is 5.02 Å². The highest BCUT2D eigenvalue weighted by molar-refractivity contribution is 6.30. The van der Waals surface area contributed by atoms with E-state index in [9.17, 15) is 14.0 Å². The molecule has 1 atom stereocenters. The number of carbonyl (C=O) groups is 2. The van der Waals surface area contributed by atoms with Gasteiger partial charge in [-0.1, -0.05) is 22.9 Å². The Morgan fingerprint density at radius 1 is 1.38 bits per heavy atom. The van der Waals surface area contributed by atoms with Crippen LogP contribution in [-0.2, 0) is 4.79 Å². The van der Waals surface area contributed by atoms with E-state index in [0.29, 0.717) is 19.4 Å². The van der Waals surface area contributed by atoms with Crippen LogP contribution in [0.3, 0.4) is 0 Å². The molecule has 2 aromatic rings. The maximum atomic E-state index is 14.0. The number of rotatable bonds is 3. The van der Waals surface area contributed by atoms with Gasteiger partial charge < -0.3 is 10.0 Å². The molecule has 7 nitrogen and oxygen atoms in total. The number of benzene rings is 1. The minimum atomic E-state index is -0.919. The third-order valence-corrected chi connectivity index (χ3v) is 4.24. The average Bonchev–Trinajstić information content (AvgIpc) is 3.06. The van der Waals surface area contributed by atoms with Crippen molar-refractivity contribution in [3.8, 4) is 5.69 Å². The molecule has 1 unspecified atom stereocenters. The first-order chi connectivity index (χ1) is 11.5. The minimum absolute atomic E-state index is 0.0282. The highest BCUT2D eigenvalue weighted by atomic mass is 35.5. The topological polar surface area (TPSA) is 88.3 Å². The van der Waals surface area contributed by atoms with Crippen LogP contribution < -0.4 is 0 Å². The number of aliphatic carboxylic acids is 1. The van der Waals surface area contributed by atoms with Crippen molar-refractivity contribution in [3.05, 3.63) is 40.9 Å². The second-order valence-electron chi connectivity index (χ2n) is 5.55. The first kappa shape index (κ1) is 16.4. The first-order valence-corrected chi connectivity index (χ1v) is 7.74.